The van der Waals surface area contributed by atoms with Crippen molar-refractivity contribution < 1.29 is 23.7 Å². The van der Waals surface area contributed by atoms with Gasteiger partial charge < -0.3 is 24.7 Å². The first-order valence-corrected chi connectivity index (χ1v) is 9.30. The smallest absolute Gasteiger partial charge is 0.303 e. The number of esters is 1. The van der Waals surface area contributed by atoms with Gasteiger partial charge in [0.1, 0.15) is 24.1 Å². The van der Waals surface area contributed by atoms with E-state index in [4.69, 9.17) is 24.7 Å². The van der Waals surface area contributed by atoms with Gasteiger partial charge in [-0.05, 0) is 27.7 Å². The normalized spacial score (nSPS) is 25.1. The summed E-state index contributed by atoms with van der Waals surface area (Å²) < 4.78 is 25.3. The van der Waals surface area contributed by atoms with E-state index in [0.29, 0.717) is 17.8 Å². The Hall–Kier alpha value is -2.30. The molecule has 28 heavy (non-hydrogen) atoms. The molecular weight excluding hydrogens is 366 g/mol. The molecule has 2 N–H and O–H groups in total. The summed E-state index contributed by atoms with van der Waals surface area (Å²) in [5.74, 6) is -0.166. The van der Waals surface area contributed by atoms with Crippen LogP contribution in [0.4, 0.5) is 5.82 Å². The molecule has 0 radical (unpaired) electrons. The van der Waals surface area contributed by atoms with Crippen LogP contribution in [0.25, 0.3) is 11.2 Å². The zero-order valence-corrected chi connectivity index (χ0v) is 16.7. The van der Waals surface area contributed by atoms with E-state index in [1.54, 1.807) is 10.9 Å². The number of nitrogen functional groups attached to an aromatic ring is 1. The highest BCUT2D eigenvalue weighted by Crippen LogP contribution is 2.36. The van der Waals surface area contributed by atoms with Gasteiger partial charge in [0.25, 0.3) is 0 Å². The molecule has 1 unspecified atom stereocenters. The van der Waals surface area contributed by atoms with Crippen molar-refractivity contribution in [2.45, 2.75) is 71.4 Å². The first-order valence-electron chi connectivity index (χ1n) is 9.30. The molecule has 0 saturated carbocycles. The van der Waals surface area contributed by atoms with E-state index in [1.807, 2.05) is 27.7 Å². The van der Waals surface area contributed by atoms with Gasteiger partial charge in [-0.2, -0.15) is 0 Å². The maximum atomic E-state index is 11.8. The van der Waals surface area contributed by atoms with E-state index in [2.05, 4.69) is 15.0 Å². The van der Waals surface area contributed by atoms with Crippen molar-refractivity contribution in [3.8, 4) is 0 Å². The number of ether oxygens (including phenoxy) is 4. The molecule has 10 heteroatoms. The van der Waals surface area contributed by atoms with Gasteiger partial charge in [0.15, 0.2) is 23.8 Å². The van der Waals surface area contributed by atoms with Crippen LogP contribution in [0.3, 0.4) is 0 Å². The molecule has 154 valence electrons. The van der Waals surface area contributed by atoms with Gasteiger partial charge in [0.05, 0.1) is 25.1 Å². The Morgan fingerprint density at radius 1 is 1.21 bits per heavy atom. The number of hydrogen-bond donors (Lipinski definition) is 1. The molecule has 0 spiro atoms. The summed E-state index contributed by atoms with van der Waals surface area (Å²) in [5, 5.41) is 0. The summed E-state index contributed by atoms with van der Waals surface area (Å²) in [6.45, 7) is 9.37. The highest BCUT2D eigenvalue weighted by atomic mass is 16.6. The van der Waals surface area contributed by atoms with Crippen molar-refractivity contribution in [1.29, 1.82) is 0 Å². The number of nitrogens with two attached hydrogens (primary N) is 1. The molecular formula is C18H27N5O5. The van der Waals surface area contributed by atoms with Crippen molar-refractivity contribution in [2.75, 3.05) is 12.3 Å². The molecule has 1 aliphatic heterocycles. The average molecular weight is 393 g/mol. The molecule has 0 aliphatic carbocycles. The zero-order valence-electron chi connectivity index (χ0n) is 16.7. The van der Waals surface area contributed by atoms with Crippen LogP contribution < -0.4 is 5.73 Å². The Kier molecular flexibility index (Phi) is 6.11. The fraction of sp³-hybridized carbons (Fsp3) is 0.667. The lowest BCUT2D eigenvalue weighted by Crippen LogP contribution is -2.41. The van der Waals surface area contributed by atoms with Gasteiger partial charge in [-0.1, -0.05) is 0 Å². The van der Waals surface area contributed by atoms with Crippen molar-refractivity contribution >= 4 is 23.0 Å². The number of nitrogens with zero attached hydrogens (tertiary/aromatic N) is 4. The van der Waals surface area contributed by atoms with Gasteiger partial charge >= 0.3 is 5.97 Å². The number of hydrogen-bond acceptors (Lipinski definition) is 9. The van der Waals surface area contributed by atoms with Crippen LogP contribution in [-0.4, -0.2) is 62.6 Å². The highest BCUT2D eigenvalue weighted by molar-refractivity contribution is 5.81. The van der Waals surface area contributed by atoms with E-state index in [1.165, 1.54) is 13.3 Å². The van der Waals surface area contributed by atoms with Crippen LogP contribution in [0.5, 0.6) is 0 Å². The van der Waals surface area contributed by atoms with Crippen molar-refractivity contribution in [3.63, 3.8) is 0 Å². The lowest BCUT2D eigenvalue weighted by Gasteiger charge is -2.26. The van der Waals surface area contributed by atoms with E-state index in [-0.39, 0.29) is 18.0 Å². The molecule has 1 fully saturated rings. The number of carbonyl (C=O) groups excluding carboxylic acids is 1. The number of aromatic nitrogens is 4. The topological polar surface area (TPSA) is 124 Å². The van der Waals surface area contributed by atoms with Gasteiger partial charge in [-0.3, -0.25) is 9.36 Å². The summed E-state index contributed by atoms with van der Waals surface area (Å²) in [4.78, 5) is 24.3. The van der Waals surface area contributed by atoms with Crippen LogP contribution in [0.1, 0.15) is 40.8 Å². The van der Waals surface area contributed by atoms with E-state index in [9.17, 15) is 4.79 Å². The molecule has 0 aromatic carbocycles. The molecule has 3 heterocycles. The molecule has 4 atom stereocenters. The number of carbonyl (C=O) groups is 1. The summed E-state index contributed by atoms with van der Waals surface area (Å²) in [6.07, 6.45) is 0.504. The van der Waals surface area contributed by atoms with E-state index < -0.39 is 30.5 Å². The largest absolute Gasteiger partial charge is 0.455 e. The van der Waals surface area contributed by atoms with Crippen LogP contribution in [0.2, 0.25) is 0 Å². The van der Waals surface area contributed by atoms with Crippen LogP contribution in [0.15, 0.2) is 12.7 Å². The predicted octanol–water partition coefficient (Wildman–Crippen LogP) is 1.46. The molecule has 2 aromatic rings. The highest BCUT2D eigenvalue weighted by Gasteiger charge is 2.49. The molecule has 0 bridgehead atoms. The Balaban J connectivity index is 1.98. The quantitative estimate of drug-likeness (QED) is 0.696. The Morgan fingerprint density at radius 3 is 2.61 bits per heavy atom. The second-order valence-electron chi connectivity index (χ2n) is 7.25. The molecule has 1 saturated heterocycles. The first kappa shape index (κ1) is 20.4. The zero-order chi connectivity index (χ0) is 20.4. The Bertz CT molecular complexity index is 824. The van der Waals surface area contributed by atoms with Crippen LogP contribution >= 0.6 is 0 Å². The molecule has 10 nitrogen and oxygen atoms in total. The van der Waals surface area contributed by atoms with Crippen molar-refractivity contribution in [2.24, 2.45) is 0 Å². The van der Waals surface area contributed by atoms with Crippen LogP contribution in [-0.2, 0) is 23.7 Å². The van der Waals surface area contributed by atoms with Gasteiger partial charge in [-0.25, -0.2) is 15.0 Å². The first-order chi connectivity index (χ1) is 13.3. The third-order valence-electron chi connectivity index (χ3n) is 4.27. The number of fused-ring (bicyclic) bond motifs is 1. The number of anilines is 1. The third-order valence-corrected chi connectivity index (χ3v) is 4.27. The molecule has 1 aliphatic rings. The summed E-state index contributed by atoms with van der Waals surface area (Å²) in [6, 6.07) is 0. The summed E-state index contributed by atoms with van der Waals surface area (Å²) >= 11 is 0. The van der Waals surface area contributed by atoms with Crippen LogP contribution in [0, 0.1) is 0 Å². The standard InChI is InChI=1S/C18H27N5O5/c1-9(2)25-6-12-14(26-10(3)4)15(27-11(5)24)18(28-12)23-8-22-13-16(19)20-7-21-17(13)23/h7-10,12,14-15,18H,6H2,1-5H3,(H2,19,20,21)/t12-,14+,15?,18-/m1/s1. The van der Waals surface area contributed by atoms with Gasteiger partial charge in [-0.15, -0.1) is 0 Å². The average Bonchev–Trinajstić information content (AvgIpc) is 3.16. The Morgan fingerprint density at radius 2 is 1.96 bits per heavy atom. The maximum Gasteiger partial charge on any atom is 0.303 e. The summed E-state index contributed by atoms with van der Waals surface area (Å²) in [5.41, 5.74) is 6.83. The fourth-order valence-corrected chi connectivity index (χ4v) is 3.21. The van der Waals surface area contributed by atoms with Gasteiger partial charge in [0.2, 0.25) is 0 Å². The van der Waals surface area contributed by atoms with E-state index in [0.717, 1.165) is 0 Å². The number of rotatable bonds is 7. The lowest BCUT2D eigenvalue weighted by molar-refractivity contribution is -0.159. The molecule has 3 rings (SSSR count). The second-order valence-corrected chi connectivity index (χ2v) is 7.25. The third kappa shape index (κ3) is 4.23. The SMILES string of the molecule is CC(=O)OC1[C@@H](OC(C)C)[C@@H](COC(C)C)O[C@H]1n1cnc2c(N)ncnc21. The molecule has 2 aromatic heterocycles. The monoisotopic (exact) mass is 393 g/mol. The van der Waals surface area contributed by atoms with Crippen molar-refractivity contribution in [1.82, 2.24) is 19.5 Å². The lowest BCUT2D eigenvalue weighted by atomic mass is 10.1. The molecule has 0 amide bonds. The predicted molar refractivity (Wildman–Crippen MR) is 100 cm³/mol. The maximum absolute atomic E-state index is 11.8. The van der Waals surface area contributed by atoms with Gasteiger partial charge in [0, 0.05) is 6.92 Å². The fourth-order valence-electron chi connectivity index (χ4n) is 3.21. The second kappa shape index (κ2) is 8.38. The van der Waals surface area contributed by atoms with E-state index >= 15 is 0 Å². The minimum atomic E-state index is -0.700. The minimum absolute atomic E-state index is 0.0242. The number of imidazole rings is 1. The summed E-state index contributed by atoms with van der Waals surface area (Å²) in [7, 11) is 0. The Labute approximate surface area is 163 Å². The minimum Gasteiger partial charge on any atom is -0.455 e. The van der Waals surface area contributed by atoms with Crippen molar-refractivity contribution in [3.05, 3.63) is 12.7 Å².